The van der Waals surface area contributed by atoms with E-state index in [0.717, 1.165) is 67.8 Å². The third kappa shape index (κ3) is 8.27. The van der Waals surface area contributed by atoms with Crippen molar-refractivity contribution in [3.63, 3.8) is 0 Å². The lowest BCUT2D eigenvalue weighted by atomic mass is 9.63. The summed E-state index contributed by atoms with van der Waals surface area (Å²) in [4.78, 5) is 0. The maximum Gasteiger partial charge on any atom is 0.134 e. The van der Waals surface area contributed by atoms with E-state index < -0.39 is 5.41 Å². The molecular formula is C59H72N2O2. The fourth-order valence-corrected chi connectivity index (χ4v) is 9.60. The zero-order chi connectivity index (χ0) is 46.2. The number of hydrogen-bond acceptors (Lipinski definition) is 4. The van der Waals surface area contributed by atoms with E-state index in [4.69, 9.17) is 20.9 Å². The molecule has 0 saturated carbocycles. The van der Waals surface area contributed by atoms with Gasteiger partial charge in [0.1, 0.15) is 23.0 Å². The van der Waals surface area contributed by atoms with Crippen LogP contribution in [-0.4, -0.2) is 0 Å². The second kappa shape index (κ2) is 15.9. The first kappa shape index (κ1) is 45.5. The molecule has 0 amide bonds. The van der Waals surface area contributed by atoms with Crippen LogP contribution < -0.4 is 20.9 Å². The minimum absolute atomic E-state index is 0.228. The summed E-state index contributed by atoms with van der Waals surface area (Å²) in [6.07, 6.45) is 0. The predicted octanol–water partition coefficient (Wildman–Crippen LogP) is 16.2. The van der Waals surface area contributed by atoms with E-state index in [-0.39, 0.29) is 33.5 Å². The van der Waals surface area contributed by atoms with Gasteiger partial charge < -0.3 is 20.9 Å². The Morgan fingerprint density at radius 1 is 0.413 bits per heavy atom. The van der Waals surface area contributed by atoms with Gasteiger partial charge in [0.15, 0.2) is 0 Å². The van der Waals surface area contributed by atoms with Crippen LogP contribution in [0.5, 0.6) is 23.0 Å². The van der Waals surface area contributed by atoms with Crippen molar-refractivity contribution < 1.29 is 9.47 Å². The van der Waals surface area contributed by atoms with Crippen molar-refractivity contribution in [3.05, 3.63) is 165 Å². The molecule has 63 heavy (non-hydrogen) atoms. The van der Waals surface area contributed by atoms with Gasteiger partial charge >= 0.3 is 0 Å². The molecule has 1 aliphatic rings. The quantitative estimate of drug-likeness (QED) is 0.150. The van der Waals surface area contributed by atoms with Crippen LogP contribution in [0.15, 0.2) is 109 Å². The maximum atomic E-state index is 7.29. The highest BCUT2D eigenvalue weighted by molar-refractivity contribution is 5.87. The number of ether oxygens (including phenoxy) is 2. The summed E-state index contributed by atoms with van der Waals surface area (Å²) in [5, 5.41) is 0. The van der Waals surface area contributed by atoms with Crippen LogP contribution in [-0.2, 0) is 27.1 Å². The first-order valence-corrected chi connectivity index (χ1v) is 23.0. The number of nitrogens with two attached hydrogens (primary N) is 2. The average Bonchev–Trinajstić information content (AvgIpc) is 3.48. The summed E-state index contributed by atoms with van der Waals surface area (Å²) >= 11 is 0. The minimum atomic E-state index is -0.696. The molecule has 4 heteroatoms. The molecule has 6 aromatic rings. The van der Waals surface area contributed by atoms with Crippen LogP contribution in [0.4, 0.5) is 11.4 Å². The molecule has 0 bridgehead atoms. The highest BCUT2D eigenvalue weighted by Crippen LogP contribution is 2.60. The zero-order valence-electron chi connectivity index (χ0n) is 41.0. The van der Waals surface area contributed by atoms with Gasteiger partial charge in [-0.1, -0.05) is 159 Å². The van der Waals surface area contributed by atoms with Crippen LogP contribution in [0.1, 0.15) is 178 Å². The average molecular weight is 841 g/mol. The normalized spacial score (nSPS) is 13.9. The number of anilines is 2. The molecule has 6 aromatic carbocycles. The van der Waals surface area contributed by atoms with Gasteiger partial charge in [-0.2, -0.15) is 0 Å². The van der Waals surface area contributed by atoms with E-state index in [9.17, 15) is 0 Å². The van der Waals surface area contributed by atoms with Crippen LogP contribution in [0.3, 0.4) is 0 Å². The van der Waals surface area contributed by atoms with E-state index in [0.29, 0.717) is 0 Å². The molecule has 0 aromatic heterocycles. The lowest BCUT2D eigenvalue weighted by Gasteiger charge is -2.40. The fraction of sp³-hybridized carbons (Fsp3) is 0.390. The summed E-state index contributed by atoms with van der Waals surface area (Å²) in [5.74, 6) is 3.98. The first-order valence-electron chi connectivity index (χ1n) is 23.0. The number of fused-ring (bicyclic) bond motifs is 3. The Balaban J connectivity index is 1.65. The fourth-order valence-electron chi connectivity index (χ4n) is 9.60. The van der Waals surface area contributed by atoms with Gasteiger partial charge in [0.25, 0.3) is 0 Å². The smallest absolute Gasteiger partial charge is 0.134 e. The Morgan fingerprint density at radius 2 is 0.714 bits per heavy atom. The van der Waals surface area contributed by atoms with Crippen LogP contribution in [0, 0.1) is 0 Å². The predicted molar refractivity (Wildman–Crippen MR) is 269 cm³/mol. The van der Waals surface area contributed by atoms with Crippen molar-refractivity contribution in [2.45, 2.75) is 150 Å². The van der Waals surface area contributed by atoms with Crippen molar-refractivity contribution in [2.75, 3.05) is 11.5 Å². The molecule has 4 nitrogen and oxygen atoms in total. The van der Waals surface area contributed by atoms with E-state index in [1.165, 1.54) is 33.4 Å². The van der Waals surface area contributed by atoms with E-state index in [2.05, 4.69) is 196 Å². The Bertz CT molecular complexity index is 2430. The molecule has 0 unspecified atom stereocenters. The van der Waals surface area contributed by atoms with Gasteiger partial charge in [-0.05, 0) is 139 Å². The van der Waals surface area contributed by atoms with Gasteiger partial charge in [0.2, 0.25) is 0 Å². The summed E-state index contributed by atoms with van der Waals surface area (Å²) in [6.45, 7) is 36.5. The van der Waals surface area contributed by atoms with Gasteiger partial charge in [0.05, 0.1) is 5.41 Å². The molecule has 4 N–H and O–H groups in total. The molecule has 0 radical (unpaired) electrons. The first-order chi connectivity index (χ1) is 29.2. The number of benzene rings is 6. The van der Waals surface area contributed by atoms with Crippen LogP contribution in [0.25, 0.3) is 11.1 Å². The number of nitrogen functional groups attached to an aromatic ring is 2. The van der Waals surface area contributed by atoms with E-state index in [1.54, 1.807) is 0 Å². The van der Waals surface area contributed by atoms with Crippen LogP contribution in [0.2, 0.25) is 0 Å². The Labute approximate surface area is 379 Å². The Kier molecular flexibility index (Phi) is 11.5. The van der Waals surface area contributed by atoms with Gasteiger partial charge in [-0.25, -0.2) is 0 Å². The standard InChI is InChI=1S/C59H72N2O2/c1-35(2)43-33-39(60)25-27-51(43)62-53-47(55(5,6)7)29-37(30-48(53)56(8,9)10)59(45-23-19-17-21-41(45)42-22-18-20-24-46(42)59)38-31-49(57(11,12)13)54(50(32-38)58(14,15)16)63-52-28-26-40(61)34-44(52)36(3)4/h17-36H,60-61H2,1-16H3. The molecule has 0 spiro atoms. The summed E-state index contributed by atoms with van der Waals surface area (Å²) < 4.78 is 14.6. The maximum absolute atomic E-state index is 7.29. The molecule has 7 rings (SSSR count). The second-order valence-electron chi connectivity index (χ2n) is 22.8. The van der Waals surface area contributed by atoms with E-state index >= 15 is 0 Å². The molecule has 1 aliphatic carbocycles. The lowest BCUT2D eigenvalue weighted by Crippen LogP contribution is -2.32. The van der Waals surface area contributed by atoms with E-state index in [1.807, 2.05) is 24.3 Å². The largest absolute Gasteiger partial charge is 0.456 e. The topological polar surface area (TPSA) is 70.5 Å². The van der Waals surface area contributed by atoms with Gasteiger partial charge in [0, 0.05) is 33.6 Å². The summed E-state index contributed by atoms with van der Waals surface area (Å²) in [7, 11) is 0. The van der Waals surface area contributed by atoms with Gasteiger partial charge in [-0.15, -0.1) is 0 Å². The minimum Gasteiger partial charge on any atom is -0.456 e. The molecule has 0 heterocycles. The third-order valence-corrected chi connectivity index (χ3v) is 13.0. The Hall–Kier alpha value is -5.48. The zero-order valence-corrected chi connectivity index (χ0v) is 41.0. The van der Waals surface area contributed by atoms with Crippen molar-refractivity contribution in [3.8, 4) is 34.1 Å². The van der Waals surface area contributed by atoms with Crippen molar-refractivity contribution in [2.24, 2.45) is 0 Å². The monoisotopic (exact) mass is 841 g/mol. The Morgan fingerprint density at radius 3 is 1.00 bits per heavy atom. The third-order valence-electron chi connectivity index (χ3n) is 13.0. The summed E-state index contributed by atoms with van der Waals surface area (Å²) in [5.41, 5.74) is 26.7. The SMILES string of the molecule is CC(C)c1cc(N)ccc1Oc1c(C(C)(C)C)cc(C2(c3cc(C(C)(C)C)c(Oc4ccc(N)cc4C(C)C)c(C(C)(C)C)c3)c3ccccc3-c3ccccc32)cc1C(C)(C)C. The molecule has 0 saturated heterocycles. The van der Waals surface area contributed by atoms with Crippen molar-refractivity contribution >= 4 is 11.4 Å². The van der Waals surface area contributed by atoms with Crippen molar-refractivity contribution in [1.82, 2.24) is 0 Å². The van der Waals surface area contributed by atoms with Gasteiger partial charge in [-0.3, -0.25) is 0 Å². The highest BCUT2D eigenvalue weighted by Gasteiger charge is 2.49. The van der Waals surface area contributed by atoms with Crippen molar-refractivity contribution in [1.29, 1.82) is 0 Å². The summed E-state index contributed by atoms with van der Waals surface area (Å²) in [6, 6.07) is 40.1. The second-order valence-corrected chi connectivity index (χ2v) is 22.8. The lowest BCUT2D eigenvalue weighted by molar-refractivity contribution is 0.425. The van der Waals surface area contributed by atoms with Crippen LogP contribution >= 0.6 is 0 Å². The number of rotatable bonds is 8. The molecular weight excluding hydrogens is 769 g/mol. The molecule has 0 fully saturated rings. The molecule has 330 valence electrons. The molecule has 0 atom stereocenters. The highest BCUT2D eigenvalue weighted by atomic mass is 16.5. The molecule has 0 aliphatic heterocycles. The number of hydrogen-bond donors (Lipinski definition) is 2.